The molecule has 1 aromatic heterocycles. The van der Waals surface area contributed by atoms with Gasteiger partial charge >= 0.3 is 0 Å². The van der Waals surface area contributed by atoms with Crippen LogP contribution in [0.15, 0.2) is 29.1 Å². The van der Waals surface area contributed by atoms with Crippen molar-refractivity contribution in [2.45, 2.75) is 5.75 Å². The number of phenolic OH excluding ortho intramolecular Hbond substituents is 1. The number of nitrogens with zero attached hydrogens (tertiary/aromatic N) is 2. The lowest BCUT2D eigenvalue weighted by Crippen LogP contribution is -2.20. The first-order valence-electron chi connectivity index (χ1n) is 6.28. The zero-order valence-electron chi connectivity index (χ0n) is 11.9. The number of anilines is 1. The van der Waals surface area contributed by atoms with E-state index in [1.807, 2.05) is 6.26 Å². The van der Waals surface area contributed by atoms with E-state index in [0.29, 0.717) is 11.6 Å². The zero-order chi connectivity index (χ0) is 17.0. The average molecular weight is 336 g/mol. The van der Waals surface area contributed by atoms with Gasteiger partial charge in [-0.2, -0.15) is 11.8 Å². The molecule has 23 heavy (non-hydrogen) atoms. The van der Waals surface area contributed by atoms with Crippen molar-refractivity contribution in [2.75, 3.05) is 11.6 Å². The summed E-state index contributed by atoms with van der Waals surface area (Å²) in [7, 11) is 0. The second kappa shape index (κ2) is 6.92. The fourth-order valence-electron chi connectivity index (χ4n) is 1.76. The summed E-state index contributed by atoms with van der Waals surface area (Å²) in [5, 5.41) is 22.7. The van der Waals surface area contributed by atoms with Crippen molar-refractivity contribution in [1.82, 2.24) is 9.97 Å². The van der Waals surface area contributed by atoms with Gasteiger partial charge in [0.15, 0.2) is 0 Å². The number of phenols is 1. The minimum atomic E-state index is -0.706. The van der Waals surface area contributed by atoms with E-state index < -0.39 is 22.1 Å². The molecule has 0 atom stereocenters. The van der Waals surface area contributed by atoms with Crippen LogP contribution in [0.5, 0.6) is 5.75 Å². The highest BCUT2D eigenvalue weighted by Crippen LogP contribution is 2.28. The Labute approximate surface area is 133 Å². The number of rotatable bonds is 5. The van der Waals surface area contributed by atoms with Crippen LogP contribution in [-0.2, 0) is 5.75 Å². The van der Waals surface area contributed by atoms with Gasteiger partial charge < -0.3 is 15.4 Å². The predicted molar refractivity (Wildman–Crippen MR) is 84.8 cm³/mol. The van der Waals surface area contributed by atoms with E-state index in [0.717, 1.165) is 18.2 Å². The number of non-ortho nitro benzene ring substituents is 1. The third kappa shape index (κ3) is 4.07. The molecule has 0 saturated heterocycles. The molecule has 1 amide bonds. The Bertz CT molecular complexity index is 820. The van der Waals surface area contributed by atoms with Crippen molar-refractivity contribution >= 4 is 29.0 Å². The Balaban J connectivity index is 2.25. The Morgan fingerprint density at radius 2 is 2.22 bits per heavy atom. The Morgan fingerprint density at radius 3 is 2.83 bits per heavy atom. The van der Waals surface area contributed by atoms with Crippen LogP contribution in [0.4, 0.5) is 11.4 Å². The predicted octanol–water partition coefficient (Wildman–Crippen LogP) is 1.50. The Hall–Kier alpha value is -2.88. The molecule has 0 spiro atoms. The molecule has 0 unspecified atom stereocenters. The van der Waals surface area contributed by atoms with Gasteiger partial charge in [0.2, 0.25) is 0 Å². The molecule has 0 fully saturated rings. The number of H-pyrrole nitrogens is 1. The molecule has 10 heteroatoms. The number of hydrogen-bond acceptors (Lipinski definition) is 7. The summed E-state index contributed by atoms with van der Waals surface area (Å²) < 4.78 is 0. The van der Waals surface area contributed by atoms with Crippen molar-refractivity contribution in [2.24, 2.45) is 0 Å². The van der Waals surface area contributed by atoms with Gasteiger partial charge in [0.1, 0.15) is 17.3 Å². The molecule has 2 rings (SSSR count). The van der Waals surface area contributed by atoms with Crippen molar-refractivity contribution in [3.05, 3.63) is 56.3 Å². The summed E-state index contributed by atoms with van der Waals surface area (Å²) in [6.07, 6.45) is 1.82. The van der Waals surface area contributed by atoms with Crippen molar-refractivity contribution < 1.29 is 14.8 Å². The molecule has 0 saturated carbocycles. The number of aromatic nitrogens is 2. The normalized spacial score (nSPS) is 10.3. The molecule has 9 nitrogen and oxygen atoms in total. The standard InChI is InChI=1S/C13H12N4O5S/c1-23-6-11-14-9(5-12(19)16-11)13(20)15-8-3-2-7(17(21)22)4-10(8)18/h2-5,18H,6H2,1H3,(H,15,20)(H,14,16,19). The summed E-state index contributed by atoms with van der Waals surface area (Å²) in [4.78, 5) is 40.1. The molecule has 0 bridgehead atoms. The molecule has 0 aliphatic carbocycles. The second-order valence-electron chi connectivity index (χ2n) is 4.42. The highest BCUT2D eigenvalue weighted by Gasteiger charge is 2.15. The van der Waals surface area contributed by atoms with Crippen LogP contribution in [0.3, 0.4) is 0 Å². The first kappa shape index (κ1) is 16.5. The van der Waals surface area contributed by atoms with Gasteiger partial charge in [-0.25, -0.2) is 4.98 Å². The number of aromatic hydroxyl groups is 1. The highest BCUT2D eigenvalue weighted by molar-refractivity contribution is 7.97. The molecular weight excluding hydrogens is 324 g/mol. The van der Waals surface area contributed by atoms with E-state index in [-0.39, 0.29) is 17.1 Å². The second-order valence-corrected chi connectivity index (χ2v) is 5.29. The molecule has 120 valence electrons. The van der Waals surface area contributed by atoms with Crippen LogP contribution in [-0.4, -0.2) is 32.2 Å². The van der Waals surface area contributed by atoms with Gasteiger partial charge in [-0.05, 0) is 12.3 Å². The Kier molecular flexibility index (Phi) is 4.96. The SMILES string of the molecule is CSCc1nc(C(=O)Nc2ccc([N+](=O)[O-])cc2O)cc(=O)[nH]1. The highest BCUT2D eigenvalue weighted by atomic mass is 32.2. The van der Waals surface area contributed by atoms with E-state index in [4.69, 9.17) is 0 Å². The molecule has 2 aromatic rings. The number of carbonyl (C=O) groups excluding carboxylic acids is 1. The molecule has 0 radical (unpaired) electrons. The summed E-state index contributed by atoms with van der Waals surface area (Å²) in [6.45, 7) is 0. The fourth-order valence-corrected chi connectivity index (χ4v) is 2.17. The average Bonchev–Trinajstić information content (AvgIpc) is 2.48. The van der Waals surface area contributed by atoms with E-state index in [9.17, 15) is 24.8 Å². The number of aromatic amines is 1. The molecule has 1 aromatic carbocycles. The number of hydrogen-bond donors (Lipinski definition) is 3. The molecule has 0 aliphatic heterocycles. The van der Waals surface area contributed by atoms with Gasteiger partial charge in [0.25, 0.3) is 17.2 Å². The van der Waals surface area contributed by atoms with Crippen molar-refractivity contribution in [3.8, 4) is 5.75 Å². The lowest BCUT2D eigenvalue weighted by atomic mass is 10.2. The van der Waals surface area contributed by atoms with E-state index in [1.54, 1.807) is 0 Å². The van der Waals surface area contributed by atoms with Gasteiger partial charge in [0, 0.05) is 12.1 Å². The maximum atomic E-state index is 12.1. The topological polar surface area (TPSA) is 138 Å². The lowest BCUT2D eigenvalue weighted by Gasteiger charge is -2.07. The smallest absolute Gasteiger partial charge is 0.274 e. The lowest BCUT2D eigenvalue weighted by molar-refractivity contribution is -0.384. The van der Waals surface area contributed by atoms with Crippen LogP contribution in [0.2, 0.25) is 0 Å². The maximum absolute atomic E-state index is 12.1. The van der Waals surface area contributed by atoms with Crippen LogP contribution in [0, 0.1) is 10.1 Å². The number of nitro benzene ring substituents is 1. The van der Waals surface area contributed by atoms with Gasteiger partial charge in [0.05, 0.1) is 22.4 Å². The van der Waals surface area contributed by atoms with Gasteiger partial charge in [-0.3, -0.25) is 19.7 Å². The van der Waals surface area contributed by atoms with Gasteiger partial charge in [-0.15, -0.1) is 0 Å². The number of benzene rings is 1. The minimum absolute atomic E-state index is 0.0194. The number of amides is 1. The Morgan fingerprint density at radius 1 is 1.48 bits per heavy atom. The van der Waals surface area contributed by atoms with Crippen LogP contribution in [0.1, 0.15) is 16.3 Å². The minimum Gasteiger partial charge on any atom is -0.506 e. The number of nitro groups is 1. The molecule has 3 N–H and O–H groups in total. The third-order valence-electron chi connectivity index (χ3n) is 2.74. The fraction of sp³-hybridized carbons (Fsp3) is 0.154. The number of thioether (sulfide) groups is 1. The van der Waals surface area contributed by atoms with Crippen LogP contribution >= 0.6 is 11.8 Å². The monoisotopic (exact) mass is 336 g/mol. The largest absolute Gasteiger partial charge is 0.506 e. The van der Waals surface area contributed by atoms with E-state index in [1.165, 1.54) is 17.8 Å². The first-order valence-corrected chi connectivity index (χ1v) is 7.68. The number of carbonyl (C=O) groups is 1. The van der Waals surface area contributed by atoms with E-state index >= 15 is 0 Å². The summed E-state index contributed by atoms with van der Waals surface area (Å²) >= 11 is 1.43. The molecule has 1 heterocycles. The van der Waals surface area contributed by atoms with Gasteiger partial charge in [-0.1, -0.05) is 0 Å². The summed E-state index contributed by atoms with van der Waals surface area (Å²) in [5.41, 5.74) is -0.913. The third-order valence-corrected chi connectivity index (χ3v) is 3.31. The van der Waals surface area contributed by atoms with Crippen molar-refractivity contribution in [1.29, 1.82) is 0 Å². The van der Waals surface area contributed by atoms with E-state index in [2.05, 4.69) is 15.3 Å². The first-order chi connectivity index (χ1) is 10.9. The number of nitrogens with one attached hydrogen (secondary N) is 2. The quantitative estimate of drug-likeness (QED) is 0.427. The van der Waals surface area contributed by atoms with Crippen LogP contribution < -0.4 is 10.9 Å². The van der Waals surface area contributed by atoms with Crippen molar-refractivity contribution in [3.63, 3.8) is 0 Å². The summed E-state index contributed by atoms with van der Waals surface area (Å²) in [5.74, 6) is -0.383. The molecule has 0 aliphatic rings. The molecular formula is C13H12N4O5S. The summed E-state index contributed by atoms with van der Waals surface area (Å²) in [6, 6.07) is 4.28. The zero-order valence-corrected chi connectivity index (χ0v) is 12.7. The van der Waals surface area contributed by atoms with Crippen LogP contribution in [0.25, 0.3) is 0 Å². The maximum Gasteiger partial charge on any atom is 0.274 e.